The van der Waals surface area contributed by atoms with Crippen LogP contribution < -0.4 is 0 Å². The predicted molar refractivity (Wildman–Crippen MR) is 54.9 cm³/mol. The maximum absolute atomic E-state index is 4.10. The standard InChI is InChI=1S/C11H13N3/c1-2-14-9-11(12-13-14)8-10-6-4-3-5-7-10/h3-7,9H,2,8H2,1H3. The molecule has 0 spiro atoms. The summed E-state index contributed by atoms with van der Waals surface area (Å²) in [6, 6.07) is 10.3. The molecule has 0 radical (unpaired) electrons. The number of aromatic nitrogens is 3. The number of nitrogens with zero attached hydrogens (tertiary/aromatic N) is 3. The van der Waals surface area contributed by atoms with E-state index in [9.17, 15) is 0 Å². The summed E-state index contributed by atoms with van der Waals surface area (Å²) in [5.41, 5.74) is 2.30. The second-order valence-electron chi connectivity index (χ2n) is 3.23. The maximum atomic E-state index is 4.10. The van der Waals surface area contributed by atoms with Crippen molar-refractivity contribution in [2.24, 2.45) is 0 Å². The average molecular weight is 187 g/mol. The van der Waals surface area contributed by atoms with Crippen LogP contribution in [0.15, 0.2) is 36.5 Å². The number of rotatable bonds is 3. The first-order chi connectivity index (χ1) is 6.88. The quantitative estimate of drug-likeness (QED) is 0.734. The molecule has 0 unspecified atom stereocenters. The van der Waals surface area contributed by atoms with Crippen LogP contribution in [0.3, 0.4) is 0 Å². The SMILES string of the molecule is CCn1cc(Cc2ccccc2)nn1. The predicted octanol–water partition coefficient (Wildman–Crippen LogP) is 1.89. The van der Waals surface area contributed by atoms with Crippen LogP contribution in [0.5, 0.6) is 0 Å². The molecule has 0 N–H and O–H groups in total. The van der Waals surface area contributed by atoms with E-state index < -0.39 is 0 Å². The van der Waals surface area contributed by atoms with Gasteiger partial charge in [0.25, 0.3) is 0 Å². The molecule has 1 aromatic heterocycles. The van der Waals surface area contributed by atoms with E-state index in [1.165, 1.54) is 5.56 Å². The van der Waals surface area contributed by atoms with Gasteiger partial charge in [0.2, 0.25) is 0 Å². The van der Waals surface area contributed by atoms with Crippen LogP contribution in [0.25, 0.3) is 0 Å². The van der Waals surface area contributed by atoms with E-state index >= 15 is 0 Å². The summed E-state index contributed by atoms with van der Waals surface area (Å²) in [4.78, 5) is 0. The van der Waals surface area contributed by atoms with Crippen molar-refractivity contribution in [1.29, 1.82) is 0 Å². The molecule has 0 aliphatic carbocycles. The van der Waals surface area contributed by atoms with Gasteiger partial charge in [-0.15, -0.1) is 5.10 Å². The van der Waals surface area contributed by atoms with Crippen molar-refractivity contribution in [3.05, 3.63) is 47.8 Å². The summed E-state index contributed by atoms with van der Waals surface area (Å²) in [6.07, 6.45) is 2.86. The monoisotopic (exact) mass is 187 g/mol. The number of hydrogen-bond acceptors (Lipinski definition) is 2. The molecule has 72 valence electrons. The maximum Gasteiger partial charge on any atom is 0.0870 e. The van der Waals surface area contributed by atoms with Gasteiger partial charge in [0.15, 0.2) is 0 Å². The summed E-state index contributed by atoms with van der Waals surface area (Å²) in [5, 5.41) is 8.09. The summed E-state index contributed by atoms with van der Waals surface area (Å²) < 4.78 is 1.85. The molecular formula is C11H13N3. The Kier molecular flexibility index (Phi) is 2.58. The Bertz CT molecular complexity index is 392. The van der Waals surface area contributed by atoms with Crippen molar-refractivity contribution in [3.63, 3.8) is 0 Å². The first-order valence-electron chi connectivity index (χ1n) is 4.81. The highest BCUT2D eigenvalue weighted by Crippen LogP contribution is 2.05. The third-order valence-electron chi connectivity index (χ3n) is 2.14. The Hall–Kier alpha value is -1.64. The van der Waals surface area contributed by atoms with Crippen molar-refractivity contribution in [2.45, 2.75) is 19.9 Å². The molecule has 0 aliphatic rings. The minimum absolute atomic E-state index is 0.862. The molecule has 0 fully saturated rings. The normalized spacial score (nSPS) is 10.4. The zero-order valence-corrected chi connectivity index (χ0v) is 8.22. The topological polar surface area (TPSA) is 30.7 Å². The Morgan fingerprint density at radius 3 is 2.64 bits per heavy atom. The largest absolute Gasteiger partial charge is 0.253 e. The van der Waals surface area contributed by atoms with E-state index in [0.29, 0.717) is 0 Å². The van der Waals surface area contributed by atoms with E-state index in [1.807, 2.05) is 29.1 Å². The molecule has 14 heavy (non-hydrogen) atoms. The molecule has 0 aliphatic heterocycles. The van der Waals surface area contributed by atoms with Gasteiger partial charge >= 0.3 is 0 Å². The minimum atomic E-state index is 0.862. The molecule has 2 aromatic rings. The fourth-order valence-corrected chi connectivity index (χ4v) is 1.38. The highest BCUT2D eigenvalue weighted by molar-refractivity contribution is 5.19. The van der Waals surface area contributed by atoms with Crippen LogP contribution in [0, 0.1) is 0 Å². The van der Waals surface area contributed by atoms with Gasteiger partial charge in [-0.2, -0.15) is 0 Å². The molecule has 3 nitrogen and oxygen atoms in total. The van der Waals surface area contributed by atoms with Crippen molar-refractivity contribution >= 4 is 0 Å². The average Bonchev–Trinajstić information content (AvgIpc) is 2.67. The molecule has 1 aromatic carbocycles. The van der Waals surface area contributed by atoms with E-state index in [0.717, 1.165) is 18.7 Å². The molecule has 0 saturated carbocycles. The summed E-state index contributed by atoms with van der Waals surface area (Å²) in [5.74, 6) is 0. The smallest absolute Gasteiger partial charge is 0.0870 e. The number of hydrogen-bond donors (Lipinski definition) is 0. The van der Waals surface area contributed by atoms with Crippen molar-refractivity contribution in [2.75, 3.05) is 0 Å². The minimum Gasteiger partial charge on any atom is -0.253 e. The van der Waals surface area contributed by atoms with E-state index in [2.05, 4.69) is 29.4 Å². The molecule has 3 heteroatoms. The third kappa shape index (κ3) is 1.99. The molecule has 0 saturated heterocycles. The van der Waals surface area contributed by atoms with Crippen LogP contribution in [0.2, 0.25) is 0 Å². The van der Waals surface area contributed by atoms with Gasteiger partial charge in [-0.05, 0) is 12.5 Å². The first kappa shape index (κ1) is 8.94. The van der Waals surface area contributed by atoms with Gasteiger partial charge in [-0.25, -0.2) is 0 Å². The van der Waals surface area contributed by atoms with Crippen LogP contribution in [-0.2, 0) is 13.0 Å². The Balaban J connectivity index is 2.11. The van der Waals surface area contributed by atoms with Gasteiger partial charge < -0.3 is 0 Å². The van der Waals surface area contributed by atoms with Crippen LogP contribution in [0.1, 0.15) is 18.2 Å². The lowest BCUT2D eigenvalue weighted by atomic mass is 10.1. The fraction of sp³-hybridized carbons (Fsp3) is 0.273. The van der Waals surface area contributed by atoms with Gasteiger partial charge in [0, 0.05) is 19.2 Å². The summed E-state index contributed by atoms with van der Waals surface area (Å²) in [6.45, 7) is 2.93. The molecule has 1 heterocycles. The van der Waals surface area contributed by atoms with Crippen molar-refractivity contribution < 1.29 is 0 Å². The second-order valence-corrected chi connectivity index (χ2v) is 3.23. The zero-order valence-electron chi connectivity index (χ0n) is 8.22. The van der Waals surface area contributed by atoms with Crippen LogP contribution in [-0.4, -0.2) is 15.0 Å². The van der Waals surface area contributed by atoms with Gasteiger partial charge in [-0.3, -0.25) is 4.68 Å². The van der Waals surface area contributed by atoms with E-state index in [1.54, 1.807) is 0 Å². The molecule has 0 amide bonds. The first-order valence-corrected chi connectivity index (χ1v) is 4.81. The van der Waals surface area contributed by atoms with Crippen LogP contribution in [0.4, 0.5) is 0 Å². The van der Waals surface area contributed by atoms with Gasteiger partial charge in [0.1, 0.15) is 0 Å². The Morgan fingerprint density at radius 2 is 2.00 bits per heavy atom. The summed E-state index contributed by atoms with van der Waals surface area (Å²) >= 11 is 0. The molecule has 0 atom stereocenters. The van der Waals surface area contributed by atoms with Crippen molar-refractivity contribution in [3.8, 4) is 0 Å². The highest BCUT2D eigenvalue weighted by Gasteiger charge is 1.99. The van der Waals surface area contributed by atoms with Gasteiger partial charge in [0.05, 0.1) is 5.69 Å². The Labute approximate surface area is 83.4 Å². The number of aryl methyl sites for hydroxylation is 1. The highest BCUT2D eigenvalue weighted by atomic mass is 15.4. The van der Waals surface area contributed by atoms with E-state index in [4.69, 9.17) is 0 Å². The lowest BCUT2D eigenvalue weighted by Crippen LogP contribution is -1.93. The second kappa shape index (κ2) is 4.05. The van der Waals surface area contributed by atoms with Gasteiger partial charge in [-0.1, -0.05) is 35.5 Å². The summed E-state index contributed by atoms with van der Waals surface area (Å²) in [7, 11) is 0. The fourth-order valence-electron chi connectivity index (χ4n) is 1.38. The molecule has 2 rings (SSSR count). The lowest BCUT2D eigenvalue weighted by Gasteiger charge is -1.95. The molecular weight excluding hydrogens is 174 g/mol. The molecule has 0 bridgehead atoms. The number of benzene rings is 1. The van der Waals surface area contributed by atoms with Crippen molar-refractivity contribution in [1.82, 2.24) is 15.0 Å². The Morgan fingerprint density at radius 1 is 1.21 bits per heavy atom. The van der Waals surface area contributed by atoms with E-state index in [-0.39, 0.29) is 0 Å². The van der Waals surface area contributed by atoms with Crippen LogP contribution >= 0.6 is 0 Å². The zero-order chi connectivity index (χ0) is 9.80. The lowest BCUT2D eigenvalue weighted by molar-refractivity contribution is 0.626. The third-order valence-corrected chi connectivity index (χ3v) is 2.14.